The molecule has 0 aliphatic heterocycles. The summed E-state index contributed by atoms with van der Waals surface area (Å²) in [5, 5.41) is 3.53. The van der Waals surface area contributed by atoms with E-state index in [0.717, 1.165) is 6.42 Å². The summed E-state index contributed by atoms with van der Waals surface area (Å²) >= 11 is 0. The van der Waals surface area contributed by atoms with Gasteiger partial charge < -0.3 is 5.32 Å². The highest BCUT2D eigenvalue weighted by Gasteiger charge is 2.04. The van der Waals surface area contributed by atoms with Gasteiger partial charge in [-0.05, 0) is 36.6 Å². The predicted molar refractivity (Wildman–Crippen MR) is 74.3 cm³/mol. The molecule has 17 heavy (non-hydrogen) atoms. The fourth-order valence-corrected chi connectivity index (χ4v) is 1.96. The van der Waals surface area contributed by atoms with Crippen molar-refractivity contribution in [2.24, 2.45) is 0 Å². The van der Waals surface area contributed by atoms with Gasteiger partial charge in [-0.15, -0.1) is 0 Å². The van der Waals surface area contributed by atoms with E-state index in [4.69, 9.17) is 0 Å². The molecule has 0 saturated carbocycles. The standard InChI is InChI=1S/C16H19N/c1-3-14-8-7-11-16(12-14)17-13(2)15-9-5-4-6-10-15/h4-13,17H,3H2,1-2H3. The SMILES string of the molecule is CCc1cccc(NC(C)c2ccccc2)c1. The first-order chi connectivity index (χ1) is 8.29. The molecular formula is C16H19N. The molecule has 0 aromatic heterocycles. The molecule has 0 saturated heterocycles. The largest absolute Gasteiger partial charge is 0.379 e. The third-order valence-corrected chi connectivity index (χ3v) is 3.02. The molecule has 1 nitrogen and oxygen atoms in total. The van der Waals surface area contributed by atoms with E-state index < -0.39 is 0 Å². The molecule has 88 valence electrons. The Labute approximate surface area is 103 Å². The lowest BCUT2D eigenvalue weighted by molar-refractivity contribution is 0.884. The third kappa shape index (κ3) is 3.10. The van der Waals surface area contributed by atoms with E-state index in [1.165, 1.54) is 16.8 Å². The quantitative estimate of drug-likeness (QED) is 0.812. The third-order valence-electron chi connectivity index (χ3n) is 3.02. The monoisotopic (exact) mass is 225 g/mol. The van der Waals surface area contributed by atoms with Crippen molar-refractivity contribution in [1.82, 2.24) is 0 Å². The molecule has 0 spiro atoms. The van der Waals surface area contributed by atoms with Gasteiger partial charge in [0.2, 0.25) is 0 Å². The molecule has 0 aliphatic rings. The van der Waals surface area contributed by atoms with E-state index in [9.17, 15) is 0 Å². The summed E-state index contributed by atoms with van der Waals surface area (Å²) in [6.45, 7) is 4.37. The highest BCUT2D eigenvalue weighted by molar-refractivity contribution is 5.47. The minimum atomic E-state index is 0.336. The number of hydrogen-bond acceptors (Lipinski definition) is 1. The summed E-state index contributed by atoms with van der Waals surface area (Å²) in [4.78, 5) is 0. The maximum Gasteiger partial charge on any atom is 0.0485 e. The Bertz CT molecular complexity index is 462. The summed E-state index contributed by atoms with van der Waals surface area (Å²) in [5.74, 6) is 0. The van der Waals surface area contributed by atoms with E-state index >= 15 is 0 Å². The Balaban J connectivity index is 2.10. The lowest BCUT2D eigenvalue weighted by Gasteiger charge is -2.16. The normalized spacial score (nSPS) is 12.1. The van der Waals surface area contributed by atoms with Gasteiger partial charge in [0.1, 0.15) is 0 Å². The van der Waals surface area contributed by atoms with Gasteiger partial charge in [-0.1, -0.05) is 49.4 Å². The molecule has 1 heteroatoms. The van der Waals surface area contributed by atoms with E-state index in [1.807, 2.05) is 6.07 Å². The first kappa shape index (κ1) is 11.7. The van der Waals surface area contributed by atoms with Crippen molar-refractivity contribution < 1.29 is 0 Å². The number of anilines is 1. The highest BCUT2D eigenvalue weighted by atomic mass is 14.9. The van der Waals surface area contributed by atoms with Crippen LogP contribution in [-0.2, 0) is 6.42 Å². The molecule has 2 rings (SSSR count). The summed E-state index contributed by atoms with van der Waals surface area (Å²) in [7, 11) is 0. The average molecular weight is 225 g/mol. The summed E-state index contributed by atoms with van der Waals surface area (Å²) < 4.78 is 0. The number of nitrogens with one attached hydrogen (secondary N) is 1. The van der Waals surface area contributed by atoms with Crippen LogP contribution in [0.4, 0.5) is 5.69 Å². The fraction of sp³-hybridized carbons (Fsp3) is 0.250. The van der Waals surface area contributed by atoms with Crippen LogP contribution in [0, 0.1) is 0 Å². The van der Waals surface area contributed by atoms with Crippen LogP contribution in [0.2, 0.25) is 0 Å². The number of rotatable bonds is 4. The molecular weight excluding hydrogens is 206 g/mol. The first-order valence-corrected chi connectivity index (χ1v) is 6.20. The molecule has 1 unspecified atom stereocenters. The van der Waals surface area contributed by atoms with Gasteiger partial charge in [-0.25, -0.2) is 0 Å². The van der Waals surface area contributed by atoms with E-state index in [1.54, 1.807) is 0 Å². The lowest BCUT2D eigenvalue weighted by atomic mass is 10.1. The van der Waals surface area contributed by atoms with E-state index in [2.05, 4.69) is 67.7 Å². The summed E-state index contributed by atoms with van der Waals surface area (Å²) in [5.41, 5.74) is 3.88. The second-order valence-corrected chi connectivity index (χ2v) is 4.33. The van der Waals surface area contributed by atoms with Gasteiger partial charge in [0, 0.05) is 11.7 Å². The second kappa shape index (κ2) is 5.53. The van der Waals surface area contributed by atoms with Crippen LogP contribution in [0.1, 0.15) is 31.0 Å². The van der Waals surface area contributed by atoms with E-state index in [-0.39, 0.29) is 0 Å². The molecule has 0 amide bonds. The predicted octanol–water partition coefficient (Wildman–Crippen LogP) is 4.42. The Morgan fingerprint density at radius 2 is 1.76 bits per heavy atom. The maximum atomic E-state index is 3.53. The molecule has 2 aromatic carbocycles. The lowest BCUT2D eigenvalue weighted by Crippen LogP contribution is -2.06. The zero-order chi connectivity index (χ0) is 12.1. The molecule has 0 aliphatic carbocycles. The molecule has 2 aromatic rings. The van der Waals surface area contributed by atoms with Crippen LogP contribution in [0.15, 0.2) is 54.6 Å². The zero-order valence-corrected chi connectivity index (χ0v) is 10.5. The molecule has 0 heterocycles. The number of aryl methyl sites for hydroxylation is 1. The van der Waals surface area contributed by atoms with Crippen LogP contribution in [0.3, 0.4) is 0 Å². The van der Waals surface area contributed by atoms with Crippen molar-refractivity contribution in [2.45, 2.75) is 26.3 Å². The van der Waals surface area contributed by atoms with Crippen molar-refractivity contribution in [2.75, 3.05) is 5.32 Å². The zero-order valence-electron chi connectivity index (χ0n) is 10.5. The summed E-state index contributed by atoms with van der Waals surface area (Å²) in [6.07, 6.45) is 1.08. The van der Waals surface area contributed by atoms with Gasteiger partial charge in [-0.2, -0.15) is 0 Å². The Morgan fingerprint density at radius 1 is 1.00 bits per heavy atom. The van der Waals surface area contributed by atoms with Gasteiger partial charge in [0.25, 0.3) is 0 Å². The Morgan fingerprint density at radius 3 is 2.47 bits per heavy atom. The average Bonchev–Trinajstić information content (AvgIpc) is 2.40. The maximum absolute atomic E-state index is 3.53. The van der Waals surface area contributed by atoms with Crippen LogP contribution in [-0.4, -0.2) is 0 Å². The molecule has 0 radical (unpaired) electrons. The van der Waals surface area contributed by atoms with E-state index in [0.29, 0.717) is 6.04 Å². The van der Waals surface area contributed by atoms with Crippen molar-refractivity contribution >= 4 is 5.69 Å². The van der Waals surface area contributed by atoms with Gasteiger partial charge in [0.05, 0.1) is 0 Å². The van der Waals surface area contributed by atoms with Crippen LogP contribution >= 0.6 is 0 Å². The molecule has 0 fully saturated rings. The van der Waals surface area contributed by atoms with Crippen LogP contribution in [0.25, 0.3) is 0 Å². The van der Waals surface area contributed by atoms with Crippen molar-refractivity contribution in [3.63, 3.8) is 0 Å². The minimum absolute atomic E-state index is 0.336. The van der Waals surface area contributed by atoms with Gasteiger partial charge in [0.15, 0.2) is 0 Å². The van der Waals surface area contributed by atoms with Gasteiger partial charge >= 0.3 is 0 Å². The topological polar surface area (TPSA) is 12.0 Å². The summed E-state index contributed by atoms with van der Waals surface area (Å²) in [6, 6.07) is 19.5. The number of hydrogen-bond donors (Lipinski definition) is 1. The van der Waals surface area contributed by atoms with Crippen molar-refractivity contribution in [3.8, 4) is 0 Å². The van der Waals surface area contributed by atoms with Crippen molar-refractivity contribution in [1.29, 1.82) is 0 Å². The molecule has 0 bridgehead atoms. The highest BCUT2D eigenvalue weighted by Crippen LogP contribution is 2.19. The molecule has 1 N–H and O–H groups in total. The smallest absolute Gasteiger partial charge is 0.0485 e. The first-order valence-electron chi connectivity index (χ1n) is 6.20. The van der Waals surface area contributed by atoms with Gasteiger partial charge in [-0.3, -0.25) is 0 Å². The Kier molecular flexibility index (Phi) is 3.81. The molecule has 1 atom stereocenters. The number of benzene rings is 2. The minimum Gasteiger partial charge on any atom is -0.379 e. The van der Waals surface area contributed by atoms with Crippen LogP contribution < -0.4 is 5.32 Å². The Hall–Kier alpha value is -1.76. The fourth-order valence-electron chi connectivity index (χ4n) is 1.96. The van der Waals surface area contributed by atoms with Crippen LogP contribution in [0.5, 0.6) is 0 Å². The van der Waals surface area contributed by atoms with Crippen molar-refractivity contribution in [3.05, 3.63) is 65.7 Å². The second-order valence-electron chi connectivity index (χ2n) is 4.33.